The van der Waals surface area contributed by atoms with Crippen LogP contribution >= 0.6 is 12.6 Å². The van der Waals surface area contributed by atoms with Gasteiger partial charge in [0.2, 0.25) is 0 Å². The molecule has 0 radical (unpaired) electrons. The molecule has 0 bridgehead atoms. The first kappa shape index (κ1) is 14.1. The fourth-order valence-corrected chi connectivity index (χ4v) is 1.82. The van der Waals surface area contributed by atoms with Crippen molar-refractivity contribution >= 4 is 18.5 Å². The van der Waals surface area contributed by atoms with E-state index in [-0.39, 0.29) is 12.5 Å². The summed E-state index contributed by atoms with van der Waals surface area (Å²) < 4.78 is 0. The molecule has 0 spiro atoms. The Bertz CT molecular complexity index is 368. The highest BCUT2D eigenvalue weighted by atomic mass is 32.1. The zero-order valence-corrected chi connectivity index (χ0v) is 11.0. The Balaban J connectivity index is 2.46. The average Bonchev–Trinajstić information content (AvgIpc) is 2.33. The minimum absolute atomic E-state index is 0.0184. The molecule has 0 atom stereocenters. The second kappa shape index (κ2) is 7.35. The molecule has 0 aliphatic carbocycles. The highest BCUT2D eigenvalue weighted by Crippen LogP contribution is 2.11. The smallest absolute Gasteiger partial charge is 0.253 e. The van der Waals surface area contributed by atoms with Gasteiger partial charge in [0, 0.05) is 30.7 Å². The normalized spacial score (nSPS) is 10.3. The summed E-state index contributed by atoms with van der Waals surface area (Å²) in [7, 11) is 1.80. The number of nitrogens with zero attached hydrogens (tertiary/aromatic N) is 1. The number of rotatable bonds is 6. The molecular formula is C13H19NO2S. The Morgan fingerprint density at radius 2 is 2.12 bits per heavy atom. The maximum Gasteiger partial charge on any atom is 0.253 e. The van der Waals surface area contributed by atoms with E-state index in [1.165, 1.54) is 0 Å². The summed E-state index contributed by atoms with van der Waals surface area (Å²) in [5.41, 5.74) is 0.669. The predicted molar refractivity (Wildman–Crippen MR) is 71.6 cm³/mol. The third-order valence-corrected chi connectivity index (χ3v) is 2.87. The molecule has 94 valence electrons. The van der Waals surface area contributed by atoms with Gasteiger partial charge < -0.3 is 10.0 Å². The fourth-order valence-electron chi connectivity index (χ4n) is 1.60. The second-order valence-electron chi connectivity index (χ2n) is 4.06. The Morgan fingerprint density at radius 1 is 1.35 bits per heavy atom. The van der Waals surface area contributed by atoms with E-state index in [0.717, 1.165) is 30.7 Å². The maximum atomic E-state index is 12.0. The van der Waals surface area contributed by atoms with Gasteiger partial charge >= 0.3 is 0 Å². The van der Waals surface area contributed by atoms with Crippen LogP contribution in [0.5, 0.6) is 0 Å². The van der Waals surface area contributed by atoms with Crippen LogP contribution in [0.25, 0.3) is 0 Å². The summed E-state index contributed by atoms with van der Waals surface area (Å²) in [5.74, 6) is 0.0184. The molecule has 1 rings (SSSR count). The fraction of sp³-hybridized carbons (Fsp3) is 0.462. The van der Waals surface area contributed by atoms with Crippen molar-refractivity contribution in [1.82, 2.24) is 4.90 Å². The van der Waals surface area contributed by atoms with Crippen LogP contribution in [-0.4, -0.2) is 36.1 Å². The summed E-state index contributed by atoms with van der Waals surface area (Å²) in [6.45, 7) is 0.939. The second-order valence-corrected chi connectivity index (χ2v) is 4.58. The molecule has 1 aromatic rings. The number of carbonyl (C=O) groups excluding carboxylic acids is 1. The molecule has 17 heavy (non-hydrogen) atoms. The lowest BCUT2D eigenvalue weighted by Gasteiger charge is -2.17. The topological polar surface area (TPSA) is 40.5 Å². The van der Waals surface area contributed by atoms with Crippen LogP contribution in [0.3, 0.4) is 0 Å². The van der Waals surface area contributed by atoms with Gasteiger partial charge in [-0.15, -0.1) is 12.6 Å². The quantitative estimate of drug-likeness (QED) is 0.603. The van der Waals surface area contributed by atoms with Gasteiger partial charge in [-0.2, -0.15) is 0 Å². The molecule has 0 aliphatic rings. The van der Waals surface area contributed by atoms with E-state index in [9.17, 15) is 4.79 Å². The van der Waals surface area contributed by atoms with Crippen molar-refractivity contribution in [1.29, 1.82) is 0 Å². The summed E-state index contributed by atoms with van der Waals surface area (Å²) in [5, 5.41) is 8.66. The molecule has 0 aliphatic heterocycles. The number of aliphatic hydroxyl groups excluding tert-OH is 1. The van der Waals surface area contributed by atoms with Gasteiger partial charge in [-0.3, -0.25) is 4.79 Å². The molecule has 0 saturated carbocycles. The Labute approximate surface area is 108 Å². The lowest BCUT2D eigenvalue weighted by Crippen LogP contribution is -2.27. The highest BCUT2D eigenvalue weighted by molar-refractivity contribution is 7.80. The molecule has 1 N–H and O–H groups in total. The van der Waals surface area contributed by atoms with E-state index in [0.29, 0.717) is 5.56 Å². The number of amides is 1. The van der Waals surface area contributed by atoms with E-state index < -0.39 is 0 Å². The van der Waals surface area contributed by atoms with Crippen LogP contribution in [0.4, 0.5) is 0 Å². The van der Waals surface area contributed by atoms with Crippen LogP contribution in [0.1, 0.15) is 29.6 Å². The van der Waals surface area contributed by atoms with E-state index in [4.69, 9.17) is 5.11 Å². The molecule has 0 heterocycles. The minimum atomic E-state index is 0.0184. The lowest BCUT2D eigenvalue weighted by molar-refractivity contribution is 0.0792. The highest BCUT2D eigenvalue weighted by Gasteiger charge is 2.10. The number of hydrogen-bond acceptors (Lipinski definition) is 3. The Hall–Kier alpha value is -1.00. The zero-order chi connectivity index (χ0) is 12.7. The molecule has 4 heteroatoms. The molecule has 1 amide bonds. The van der Waals surface area contributed by atoms with Crippen molar-refractivity contribution in [2.75, 3.05) is 20.2 Å². The third kappa shape index (κ3) is 4.79. The van der Waals surface area contributed by atoms with Crippen LogP contribution < -0.4 is 0 Å². The molecule has 1 aromatic carbocycles. The van der Waals surface area contributed by atoms with Crippen molar-refractivity contribution in [3.8, 4) is 0 Å². The van der Waals surface area contributed by atoms with E-state index >= 15 is 0 Å². The van der Waals surface area contributed by atoms with Crippen LogP contribution in [0, 0.1) is 0 Å². The minimum Gasteiger partial charge on any atom is -0.396 e. The molecule has 0 saturated heterocycles. The van der Waals surface area contributed by atoms with Crippen molar-refractivity contribution < 1.29 is 9.90 Å². The van der Waals surface area contributed by atoms with Gasteiger partial charge in [0.05, 0.1) is 0 Å². The number of carbonyl (C=O) groups is 1. The van der Waals surface area contributed by atoms with Crippen molar-refractivity contribution in [2.45, 2.75) is 24.2 Å². The summed E-state index contributed by atoms with van der Waals surface area (Å²) in [6, 6.07) is 7.25. The summed E-state index contributed by atoms with van der Waals surface area (Å²) in [4.78, 5) is 14.5. The van der Waals surface area contributed by atoms with Crippen molar-refractivity contribution in [2.24, 2.45) is 0 Å². The molecular weight excluding hydrogens is 234 g/mol. The van der Waals surface area contributed by atoms with Crippen LogP contribution in [0.2, 0.25) is 0 Å². The number of unbranched alkanes of at least 4 members (excludes halogenated alkanes) is 2. The zero-order valence-electron chi connectivity index (χ0n) is 10.1. The maximum absolute atomic E-state index is 12.0. The van der Waals surface area contributed by atoms with Crippen molar-refractivity contribution in [3.05, 3.63) is 29.8 Å². The average molecular weight is 253 g/mol. The van der Waals surface area contributed by atoms with Gasteiger partial charge in [0.1, 0.15) is 0 Å². The van der Waals surface area contributed by atoms with Crippen molar-refractivity contribution in [3.63, 3.8) is 0 Å². The first-order valence-corrected chi connectivity index (χ1v) is 6.25. The standard InChI is InChI=1S/C13H19NO2S/c1-14(8-3-2-4-9-15)13(16)11-6-5-7-12(17)10-11/h5-7,10,15,17H,2-4,8-9H2,1H3. The number of benzene rings is 1. The van der Waals surface area contributed by atoms with Crippen LogP contribution in [-0.2, 0) is 0 Å². The SMILES string of the molecule is CN(CCCCCO)C(=O)c1cccc(S)c1. The molecule has 0 unspecified atom stereocenters. The summed E-state index contributed by atoms with van der Waals surface area (Å²) >= 11 is 4.22. The van der Waals surface area contributed by atoms with Gasteiger partial charge in [-0.1, -0.05) is 6.07 Å². The van der Waals surface area contributed by atoms with Crippen LogP contribution in [0.15, 0.2) is 29.2 Å². The largest absolute Gasteiger partial charge is 0.396 e. The first-order valence-electron chi connectivity index (χ1n) is 5.80. The van der Waals surface area contributed by atoms with Gasteiger partial charge in [-0.25, -0.2) is 0 Å². The monoisotopic (exact) mass is 253 g/mol. The molecule has 3 nitrogen and oxygen atoms in total. The first-order chi connectivity index (χ1) is 8.15. The van der Waals surface area contributed by atoms with Gasteiger partial charge in [0.25, 0.3) is 5.91 Å². The number of thiol groups is 1. The predicted octanol–water partition coefficient (Wildman–Crippen LogP) is 2.21. The summed E-state index contributed by atoms with van der Waals surface area (Å²) in [6.07, 6.45) is 2.66. The number of aliphatic hydroxyl groups is 1. The molecule has 0 aromatic heterocycles. The van der Waals surface area contributed by atoms with E-state index in [1.54, 1.807) is 24.1 Å². The van der Waals surface area contributed by atoms with E-state index in [1.807, 2.05) is 12.1 Å². The Kier molecular flexibility index (Phi) is 6.08. The van der Waals surface area contributed by atoms with E-state index in [2.05, 4.69) is 12.6 Å². The number of hydrogen-bond donors (Lipinski definition) is 2. The molecule has 0 fully saturated rings. The third-order valence-electron chi connectivity index (χ3n) is 2.59. The van der Waals surface area contributed by atoms with Gasteiger partial charge in [0.15, 0.2) is 0 Å². The Morgan fingerprint density at radius 3 is 2.76 bits per heavy atom. The van der Waals surface area contributed by atoms with Gasteiger partial charge in [-0.05, 0) is 37.5 Å². The lowest BCUT2D eigenvalue weighted by atomic mass is 10.2.